The molecule has 1 N–H and O–H groups in total. The van der Waals surface area contributed by atoms with Crippen LogP contribution in [-0.4, -0.2) is 25.1 Å². The molecule has 0 spiro atoms. The van der Waals surface area contributed by atoms with Crippen LogP contribution in [-0.2, 0) is 27.5 Å². The molecule has 1 heterocycles. The molecule has 2 aromatic carbocycles. The Morgan fingerprint density at radius 1 is 1.12 bits per heavy atom. The van der Waals surface area contributed by atoms with Crippen molar-refractivity contribution in [3.63, 3.8) is 0 Å². The number of para-hydroxylation sites is 1. The van der Waals surface area contributed by atoms with Crippen LogP contribution in [0.1, 0.15) is 25.0 Å². The van der Waals surface area contributed by atoms with Crippen LogP contribution >= 0.6 is 11.3 Å². The van der Waals surface area contributed by atoms with Crippen LogP contribution in [0.2, 0.25) is 0 Å². The first kappa shape index (κ1) is 18.5. The highest BCUT2D eigenvalue weighted by molar-refractivity contribution is 7.91. The maximum Gasteiger partial charge on any atom is 0.230 e. The van der Waals surface area contributed by atoms with Gasteiger partial charge in [-0.25, -0.2) is 13.4 Å². The van der Waals surface area contributed by atoms with Gasteiger partial charge in [0.15, 0.2) is 15.0 Å². The van der Waals surface area contributed by atoms with Gasteiger partial charge in [-0.2, -0.15) is 0 Å². The molecule has 26 heavy (non-hydrogen) atoms. The average Bonchev–Trinajstić information content (AvgIpc) is 3.04. The molecular formula is C19H20N2O3S2. The summed E-state index contributed by atoms with van der Waals surface area (Å²) in [6, 6.07) is 12.5. The van der Waals surface area contributed by atoms with Crippen molar-refractivity contribution >= 4 is 42.4 Å². The summed E-state index contributed by atoms with van der Waals surface area (Å²) in [5.41, 5.74) is 2.85. The predicted molar refractivity (Wildman–Crippen MR) is 106 cm³/mol. The maximum atomic E-state index is 12.3. The fourth-order valence-corrected chi connectivity index (χ4v) is 4.49. The Morgan fingerprint density at radius 2 is 1.85 bits per heavy atom. The van der Waals surface area contributed by atoms with Crippen LogP contribution < -0.4 is 5.32 Å². The molecular weight excluding hydrogens is 368 g/mol. The highest BCUT2D eigenvalue weighted by atomic mass is 32.2. The number of hydrogen-bond donors (Lipinski definition) is 1. The van der Waals surface area contributed by atoms with Crippen LogP contribution in [0.25, 0.3) is 10.2 Å². The molecule has 0 radical (unpaired) electrons. The molecule has 0 fully saturated rings. The number of fused-ring (bicyclic) bond motifs is 1. The molecule has 0 saturated heterocycles. The summed E-state index contributed by atoms with van der Waals surface area (Å²) < 4.78 is 24.7. The molecule has 7 heteroatoms. The first-order valence-electron chi connectivity index (χ1n) is 8.43. The number of aryl methyl sites for hydroxylation is 1. The van der Waals surface area contributed by atoms with E-state index in [9.17, 15) is 13.2 Å². The number of benzene rings is 2. The third kappa shape index (κ3) is 3.94. The van der Waals surface area contributed by atoms with Gasteiger partial charge in [-0.15, -0.1) is 0 Å². The van der Waals surface area contributed by atoms with Crippen LogP contribution in [0.15, 0.2) is 47.4 Å². The Kier molecular flexibility index (Phi) is 5.38. The molecule has 0 unspecified atom stereocenters. The Labute approximate surface area is 157 Å². The summed E-state index contributed by atoms with van der Waals surface area (Å²) in [6.07, 6.45) is 1.06. The summed E-state index contributed by atoms with van der Waals surface area (Å²) in [6.45, 7) is 3.69. The molecule has 0 atom stereocenters. The van der Waals surface area contributed by atoms with Crippen LogP contribution in [0.4, 0.5) is 5.13 Å². The normalized spacial score (nSPS) is 11.6. The number of amides is 1. The molecule has 1 amide bonds. The highest BCUT2D eigenvalue weighted by Crippen LogP contribution is 2.28. The Morgan fingerprint density at radius 3 is 2.50 bits per heavy atom. The minimum Gasteiger partial charge on any atom is -0.302 e. The van der Waals surface area contributed by atoms with Gasteiger partial charge >= 0.3 is 0 Å². The molecule has 3 aromatic rings. The number of carbonyl (C=O) groups excluding carboxylic acids is 1. The molecule has 3 rings (SSSR count). The average molecular weight is 389 g/mol. The van der Waals surface area contributed by atoms with Crippen LogP contribution in [0, 0.1) is 0 Å². The topological polar surface area (TPSA) is 76.1 Å². The van der Waals surface area contributed by atoms with Crippen molar-refractivity contribution in [1.82, 2.24) is 4.98 Å². The molecule has 136 valence electrons. The van der Waals surface area contributed by atoms with E-state index in [0.717, 1.165) is 27.8 Å². The van der Waals surface area contributed by atoms with Gasteiger partial charge in [0.1, 0.15) is 0 Å². The van der Waals surface area contributed by atoms with E-state index in [4.69, 9.17) is 0 Å². The number of sulfone groups is 1. The highest BCUT2D eigenvalue weighted by Gasteiger charge is 2.13. The van der Waals surface area contributed by atoms with E-state index in [0.29, 0.717) is 5.13 Å². The fraction of sp³-hybridized carbons (Fsp3) is 0.263. The van der Waals surface area contributed by atoms with Crippen LogP contribution in [0.3, 0.4) is 0 Å². The fourth-order valence-electron chi connectivity index (χ4n) is 2.67. The standard InChI is InChI=1S/C19H20N2O3S2/c1-3-14-6-5-7-16-18(14)21-19(25-16)20-17(22)12-13-8-10-15(11-9-13)26(23,24)4-2/h5-11H,3-4,12H2,1-2H3,(H,20,21,22). The van der Waals surface area contributed by atoms with Crippen molar-refractivity contribution in [1.29, 1.82) is 0 Å². The number of nitrogens with zero attached hydrogens (tertiary/aromatic N) is 1. The molecule has 0 aliphatic heterocycles. The summed E-state index contributed by atoms with van der Waals surface area (Å²) in [5.74, 6) is -0.113. The second kappa shape index (κ2) is 7.55. The van der Waals surface area contributed by atoms with Crippen molar-refractivity contribution < 1.29 is 13.2 Å². The zero-order chi connectivity index (χ0) is 18.7. The van der Waals surface area contributed by atoms with Gasteiger partial charge < -0.3 is 5.32 Å². The number of aromatic nitrogens is 1. The number of rotatable bonds is 6. The third-order valence-corrected chi connectivity index (χ3v) is 6.84. The van der Waals surface area contributed by atoms with E-state index >= 15 is 0 Å². The molecule has 0 aliphatic carbocycles. The minimum absolute atomic E-state index is 0.0597. The van der Waals surface area contributed by atoms with Crippen molar-refractivity contribution in [2.24, 2.45) is 0 Å². The van der Waals surface area contributed by atoms with Gasteiger partial charge in [-0.05, 0) is 35.7 Å². The first-order chi connectivity index (χ1) is 12.4. The van der Waals surface area contributed by atoms with Gasteiger partial charge in [0.05, 0.1) is 27.3 Å². The number of nitrogens with one attached hydrogen (secondary N) is 1. The van der Waals surface area contributed by atoms with Crippen molar-refractivity contribution in [3.8, 4) is 0 Å². The van der Waals surface area contributed by atoms with E-state index in [1.165, 1.54) is 11.3 Å². The maximum absolute atomic E-state index is 12.3. The summed E-state index contributed by atoms with van der Waals surface area (Å²) >= 11 is 1.45. The van der Waals surface area contributed by atoms with E-state index < -0.39 is 9.84 Å². The molecule has 5 nitrogen and oxygen atoms in total. The number of carbonyl (C=O) groups is 1. The lowest BCUT2D eigenvalue weighted by atomic mass is 10.1. The molecule has 1 aromatic heterocycles. The van der Waals surface area contributed by atoms with Crippen molar-refractivity contribution in [3.05, 3.63) is 53.6 Å². The van der Waals surface area contributed by atoms with Gasteiger partial charge in [-0.1, -0.05) is 49.4 Å². The largest absolute Gasteiger partial charge is 0.302 e. The SMILES string of the molecule is CCc1cccc2sc(NC(=O)Cc3ccc(S(=O)(=O)CC)cc3)nc12. The lowest BCUT2D eigenvalue weighted by molar-refractivity contribution is -0.115. The second-order valence-corrected chi connectivity index (χ2v) is 9.22. The van der Waals surface area contributed by atoms with Gasteiger partial charge in [0, 0.05) is 0 Å². The zero-order valence-electron chi connectivity index (χ0n) is 14.7. The van der Waals surface area contributed by atoms with Crippen LogP contribution in [0.5, 0.6) is 0 Å². The monoisotopic (exact) mass is 388 g/mol. The Hall–Kier alpha value is -2.25. The predicted octanol–water partition coefficient (Wildman–Crippen LogP) is 3.83. The third-order valence-electron chi connectivity index (χ3n) is 4.16. The number of anilines is 1. The lowest BCUT2D eigenvalue weighted by Gasteiger charge is -2.04. The van der Waals surface area contributed by atoms with Gasteiger partial charge in [0.25, 0.3) is 0 Å². The molecule has 0 aliphatic rings. The zero-order valence-corrected chi connectivity index (χ0v) is 16.3. The Bertz CT molecular complexity index is 1040. The van der Waals surface area contributed by atoms with Gasteiger partial charge in [0.2, 0.25) is 5.91 Å². The second-order valence-electron chi connectivity index (χ2n) is 5.91. The minimum atomic E-state index is -3.22. The molecule has 0 bridgehead atoms. The van der Waals surface area contributed by atoms with Crippen molar-refractivity contribution in [2.75, 3.05) is 11.1 Å². The number of thiazole rings is 1. The number of hydrogen-bond acceptors (Lipinski definition) is 5. The molecule has 0 saturated carbocycles. The first-order valence-corrected chi connectivity index (χ1v) is 10.9. The van der Waals surface area contributed by atoms with E-state index in [1.54, 1.807) is 31.2 Å². The van der Waals surface area contributed by atoms with E-state index in [-0.39, 0.29) is 23.0 Å². The van der Waals surface area contributed by atoms with E-state index in [1.807, 2.05) is 18.2 Å². The summed E-state index contributed by atoms with van der Waals surface area (Å²) in [4.78, 5) is 17.1. The summed E-state index contributed by atoms with van der Waals surface area (Å²) in [5, 5.41) is 3.42. The lowest BCUT2D eigenvalue weighted by Crippen LogP contribution is -2.14. The Balaban J connectivity index is 1.71. The summed E-state index contributed by atoms with van der Waals surface area (Å²) in [7, 11) is -3.22. The van der Waals surface area contributed by atoms with Gasteiger partial charge in [-0.3, -0.25) is 4.79 Å². The van der Waals surface area contributed by atoms with Crippen molar-refractivity contribution in [2.45, 2.75) is 31.6 Å². The quantitative estimate of drug-likeness (QED) is 0.696. The van der Waals surface area contributed by atoms with E-state index in [2.05, 4.69) is 17.2 Å². The smallest absolute Gasteiger partial charge is 0.230 e.